The van der Waals surface area contributed by atoms with Gasteiger partial charge in [-0.15, -0.1) is 0 Å². The number of imide groups is 1. The van der Waals surface area contributed by atoms with Gasteiger partial charge in [0.25, 0.3) is 5.91 Å². The van der Waals surface area contributed by atoms with Crippen molar-refractivity contribution in [2.24, 2.45) is 11.7 Å². The number of hydrogen-bond acceptors (Lipinski definition) is 10. The van der Waals surface area contributed by atoms with Gasteiger partial charge in [-0.05, 0) is 38.8 Å². The van der Waals surface area contributed by atoms with Crippen LogP contribution in [0.3, 0.4) is 0 Å². The fourth-order valence-electron chi connectivity index (χ4n) is 4.24. The van der Waals surface area contributed by atoms with Gasteiger partial charge in [-0.2, -0.15) is 0 Å². The van der Waals surface area contributed by atoms with Crippen molar-refractivity contribution in [1.29, 1.82) is 0 Å². The summed E-state index contributed by atoms with van der Waals surface area (Å²) in [5.41, 5.74) is 5.61. The van der Waals surface area contributed by atoms with E-state index in [9.17, 15) is 44.1 Å². The van der Waals surface area contributed by atoms with Gasteiger partial charge < -0.3 is 46.3 Å². The highest BCUT2D eigenvalue weighted by molar-refractivity contribution is 6.00. The maximum absolute atomic E-state index is 13.7. The second kappa shape index (κ2) is 17.8. The number of carbonyl (C=O) groups excluding carboxylic acids is 5. The molecule has 0 radical (unpaired) electrons. The largest absolute Gasteiger partial charge is 0.481 e. The van der Waals surface area contributed by atoms with E-state index in [0.29, 0.717) is 4.90 Å². The molecule has 0 aromatic heterocycles. The maximum atomic E-state index is 13.7. The van der Waals surface area contributed by atoms with Crippen molar-refractivity contribution >= 4 is 36.0 Å². The number of primary amides is 1. The van der Waals surface area contributed by atoms with Gasteiger partial charge in [0.05, 0.1) is 18.6 Å². The van der Waals surface area contributed by atoms with Crippen LogP contribution in [0.15, 0.2) is 30.3 Å². The summed E-state index contributed by atoms with van der Waals surface area (Å²) in [7, 11) is 0. The molecule has 1 aromatic rings. The Morgan fingerprint density at radius 2 is 1.71 bits per heavy atom. The van der Waals surface area contributed by atoms with Crippen LogP contribution in [-0.2, 0) is 23.9 Å². The summed E-state index contributed by atoms with van der Waals surface area (Å²) in [5.74, 6) is -5.31. The number of carboxylic acids is 1. The molecule has 0 fully saturated rings. The molecule has 0 spiro atoms. The average molecular weight is 597 g/mol. The highest BCUT2D eigenvalue weighted by Crippen LogP contribution is 2.23. The Hall–Kier alpha value is -3.92. The number of carbonyl (C=O) groups is 6. The second-order valence-electron chi connectivity index (χ2n) is 9.46. The zero-order valence-corrected chi connectivity index (χ0v) is 23.7. The zero-order chi connectivity index (χ0) is 32.0. The molecule has 0 aliphatic rings. The topological polar surface area (TPSA) is 246 Å². The van der Waals surface area contributed by atoms with Crippen LogP contribution < -0.4 is 16.4 Å². The Labute approximate surface area is 243 Å². The summed E-state index contributed by atoms with van der Waals surface area (Å²) in [4.78, 5) is 75.3. The Kier molecular flexibility index (Phi) is 15.3. The molecule has 0 heterocycles. The molecule has 1 aromatic carbocycles. The second-order valence-corrected chi connectivity index (χ2v) is 9.46. The van der Waals surface area contributed by atoms with Crippen molar-refractivity contribution in [3.63, 3.8) is 0 Å². The lowest BCUT2D eigenvalue weighted by Gasteiger charge is -2.36. The molecular formula is C27H40N4O11. The van der Waals surface area contributed by atoms with Crippen molar-refractivity contribution in [3.8, 4) is 0 Å². The molecule has 7 atom stereocenters. The number of aliphatic carboxylic acids is 1. The predicted molar refractivity (Wildman–Crippen MR) is 147 cm³/mol. The quantitative estimate of drug-likeness (QED) is 0.0989. The van der Waals surface area contributed by atoms with E-state index < -0.39 is 91.6 Å². The minimum Gasteiger partial charge on any atom is -0.481 e. The lowest BCUT2D eigenvalue weighted by atomic mass is 9.95. The SMILES string of the molecule is CCNC(=O)N(C(=O)C(CC)C(C)O[C@@H]([C@H](O)[C@H](O)CO)[C@H](C=O)NC(=O)c1ccccc1)C(CCC(=O)O)C(N)=O. The number of aliphatic hydroxyl groups excluding tert-OH is 3. The van der Waals surface area contributed by atoms with Gasteiger partial charge in [0.15, 0.2) is 0 Å². The standard InChI is InChI=1S/C27H40N4O11/c1-4-17(26(40)31(27(41)29-5-2)19(24(28)38)11-12-21(35)36)15(3)42-23(22(37)20(34)14-33)18(13-32)30-25(39)16-9-7-6-8-10-16/h6-10,13,15,17-20,22-23,33-34,37H,4-5,11-12,14H2,1-3H3,(H2,28,38)(H,29,41)(H,30,39)(H,35,36)/t15?,17?,18-,19?,20+,22+,23+/m0/s1. The predicted octanol–water partition coefficient (Wildman–Crippen LogP) is -1.23. The highest BCUT2D eigenvalue weighted by Gasteiger charge is 2.42. The molecule has 15 nitrogen and oxygen atoms in total. The minimum absolute atomic E-state index is 0.00613. The number of nitrogens with two attached hydrogens (primary N) is 1. The van der Waals surface area contributed by atoms with Gasteiger partial charge in [-0.3, -0.25) is 24.1 Å². The molecule has 42 heavy (non-hydrogen) atoms. The number of aliphatic hydroxyl groups is 3. The molecular weight excluding hydrogens is 556 g/mol. The first kappa shape index (κ1) is 36.1. The van der Waals surface area contributed by atoms with Crippen LogP contribution in [0.5, 0.6) is 0 Å². The Morgan fingerprint density at radius 3 is 2.19 bits per heavy atom. The summed E-state index contributed by atoms with van der Waals surface area (Å²) >= 11 is 0. The van der Waals surface area contributed by atoms with Gasteiger partial charge in [0, 0.05) is 18.5 Å². The molecule has 3 unspecified atom stereocenters. The highest BCUT2D eigenvalue weighted by atomic mass is 16.5. The third kappa shape index (κ3) is 10.2. The average Bonchev–Trinajstić information content (AvgIpc) is 2.96. The van der Waals surface area contributed by atoms with Crippen molar-refractivity contribution in [1.82, 2.24) is 15.5 Å². The summed E-state index contributed by atoms with van der Waals surface area (Å²) in [6.45, 7) is 3.60. The first-order valence-corrected chi connectivity index (χ1v) is 13.4. The lowest BCUT2D eigenvalue weighted by molar-refractivity contribution is -0.159. The van der Waals surface area contributed by atoms with E-state index in [2.05, 4.69) is 10.6 Å². The Bertz CT molecular complexity index is 1070. The number of amides is 5. The lowest BCUT2D eigenvalue weighted by Crippen LogP contribution is -2.59. The number of hydrogen-bond donors (Lipinski definition) is 7. The van der Waals surface area contributed by atoms with Gasteiger partial charge in [0.2, 0.25) is 11.8 Å². The number of rotatable bonds is 18. The van der Waals surface area contributed by atoms with E-state index in [1.807, 2.05) is 0 Å². The van der Waals surface area contributed by atoms with Gasteiger partial charge in [-0.1, -0.05) is 25.1 Å². The summed E-state index contributed by atoms with van der Waals surface area (Å²) in [6.07, 6.45) is -7.43. The molecule has 0 aliphatic heterocycles. The number of nitrogens with one attached hydrogen (secondary N) is 2. The number of urea groups is 1. The van der Waals surface area contributed by atoms with Crippen LogP contribution in [0.25, 0.3) is 0 Å². The number of carboxylic acid groups (broad SMARTS) is 1. The van der Waals surface area contributed by atoms with Crippen molar-refractivity contribution < 1.29 is 53.9 Å². The van der Waals surface area contributed by atoms with Gasteiger partial charge in [0.1, 0.15) is 36.7 Å². The molecule has 0 aliphatic carbocycles. The van der Waals surface area contributed by atoms with Gasteiger partial charge >= 0.3 is 12.0 Å². The van der Waals surface area contributed by atoms with Crippen LogP contribution in [0.1, 0.15) is 50.4 Å². The van der Waals surface area contributed by atoms with Crippen LogP contribution in [0, 0.1) is 5.92 Å². The number of aldehydes is 1. The number of nitrogens with zero attached hydrogens (tertiary/aromatic N) is 1. The monoisotopic (exact) mass is 596 g/mol. The van der Waals surface area contributed by atoms with Crippen LogP contribution >= 0.6 is 0 Å². The molecule has 0 saturated carbocycles. The number of benzene rings is 1. The normalized spacial score (nSPS) is 16.0. The van der Waals surface area contributed by atoms with Crippen molar-refractivity contribution in [2.75, 3.05) is 13.2 Å². The fourth-order valence-corrected chi connectivity index (χ4v) is 4.24. The summed E-state index contributed by atoms with van der Waals surface area (Å²) in [5, 5.41) is 44.1. The van der Waals surface area contributed by atoms with E-state index in [0.717, 1.165) is 0 Å². The number of ether oxygens (including phenoxy) is 1. The molecule has 8 N–H and O–H groups in total. The summed E-state index contributed by atoms with van der Waals surface area (Å²) < 4.78 is 5.87. The molecule has 1 rings (SSSR count). The fraction of sp³-hybridized carbons (Fsp3) is 0.556. The van der Waals surface area contributed by atoms with Crippen molar-refractivity contribution in [3.05, 3.63) is 35.9 Å². The molecule has 0 saturated heterocycles. The van der Waals surface area contributed by atoms with Crippen LogP contribution in [0.2, 0.25) is 0 Å². The third-order valence-electron chi connectivity index (χ3n) is 6.50. The summed E-state index contributed by atoms with van der Waals surface area (Å²) in [6, 6.07) is 3.57. The van der Waals surface area contributed by atoms with E-state index in [1.54, 1.807) is 32.0 Å². The van der Waals surface area contributed by atoms with E-state index in [4.69, 9.17) is 15.6 Å². The van der Waals surface area contributed by atoms with Crippen LogP contribution in [0.4, 0.5) is 4.79 Å². The molecule has 234 valence electrons. The minimum atomic E-state index is -1.93. The van der Waals surface area contributed by atoms with Crippen LogP contribution in [-0.4, -0.2) is 111 Å². The smallest absolute Gasteiger partial charge is 0.324 e. The Balaban J connectivity index is 3.41. The van der Waals surface area contributed by atoms with E-state index >= 15 is 0 Å². The zero-order valence-electron chi connectivity index (χ0n) is 23.7. The van der Waals surface area contributed by atoms with Gasteiger partial charge in [-0.25, -0.2) is 4.79 Å². The first-order valence-electron chi connectivity index (χ1n) is 13.4. The molecule has 5 amide bonds. The van der Waals surface area contributed by atoms with Crippen molar-refractivity contribution in [2.45, 2.75) is 76.5 Å². The first-order chi connectivity index (χ1) is 19.8. The molecule has 15 heteroatoms. The van der Waals surface area contributed by atoms with E-state index in [-0.39, 0.29) is 24.8 Å². The third-order valence-corrected chi connectivity index (χ3v) is 6.50. The van der Waals surface area contributed by atoms with E-state index in [1.165, 1.54) is 19.1 Å². The molecule has 0 bridgehead atoms. The maximum Gasteiger partial charge on any atom is 0.324 e. The Morgan fingerprint density at radius 1 is 1.10 bits per heavy atom.